The van der Waals surface area contributed by atoms with Crippen molar-refractivity contribution in [3.8, 4) is 0 Å². The van der Waals surface area contributed by atoms with Gasteiger partial charge in [0.15, 0.2) is 0 Å². The number of rotatable bonds is 3. The van der Waals surface area contributed by atoms with Gasteiger partial charge in [-0.3, -0.25) is 0 Å². The van der Waals surface area contributed by atoms with Gasteiger partial charge in [-0.05, 0) is 34.2 Å². The highest BCUT2D eigenvalue weighted by molar-refractivity contribution is 7.11. The van der Waals surface area contributed by atoms with E-state index < -0.39 is 0 Å². The summed E-state index contributed by atoms with van der Waals surface area (Å²) in [5.41, 5.74) is 1.19. The van der Waals surface area contributed by atoms with Gasteiger partial charge in [-0.25, -0.2) is 4.98 Å². The minimum Gasteiger partial charge on any atom is -0.308 e. The number of likely N-dealkylation sites (tertiary alicyclic amines) is 1. The Morgan fingerprint density at radius 3 is 2.75 bits per heavy atom. The maximum atomic E-state index is 4.45. The summed E-state index contributed by atoms with van der Waals surface area (Å²) in [7, 11) is 2.20. The molecule has 0 spiro atoms. The zero-order valence-electron chi connectivity index (χ0n) is 10.6. The third kappa shape index (κ3) is 2.62. The van der Waals surface area contributed by atoms with Gasteiger partial charge in [0.2, 0.25) is 0 Å². The number of likely N-dealkylation sites (N-methyl/N-ethyl adjacent to an activating group) is 1. The first-order valence-electron chi connectivity index (χ1n) is 5.92. The fourth-order valence-electron chi connectivity index (χ4n) is 2.32. The summed E-state index contributed by atoms with van der Waals surface area (Å²) in [5.74, 6) is 0. The number of hydrogen-bond donors (Lipinski definition) is 1. The van der Waals surface area contributed by atoms with Gasteiger partial charge >= 0.3 is 0 Å². The number of aromatic nitrogens is 1. The van der Waals surface area contributed by atoms with Crippen molar-refractivity contribution in [3.05, 3.63) is 15.6 Å². The van der Waals surface area contributed by atoms with E-state index in [2.05, 4.69) is 43.0 Å². The highest BCUT2D eigenvalue weighted by atomic mass is 32.1. The smallest absolute Gasteiger partial charge is 0.0900 e. The first kappa shape index (κ1) is 12.0. The van der Waals surface area contributed by atoms with Crippen LogP contribution in [-0.4, -0.2) is 35.6 Å². The van der Waals surface area contributed by atoms with E-state index in [-0.39, 0.29) is 0 Å². The average molecular weight is 239 g/mol. The Morgan fingerprint density at radius 2 is 2.25 bits per heavy atom. The van der Waals surface area contributed by atoms with Crippen molar-refractivity contribution >= 4 is 11.3 Å². The van der Waals surface area contributed by atoms with E-state index >= 15 is 0 Å². The molecule has 1 N–H and O–H groups in total. The lowest BCUT2D eigenvalue weighted by atomic mass is 10.2. The van der Waals surface area contributed by atoms with Gasteiger partial charge in [-0.2, -0.15) is 0 Å². The molecule has 1 fully saturated rings. The first-order chi connectivity index (χ1) is 7.56. The van der Waals surface area contributed by atoms with Crippen LogP contribution in [-0.2, 0) is 6.54 Å². The van der Waals surface area contributed by atoms with Crippen LogP contribution in [0.25, 0.3) is 0 Å². The molecule has 2 heterocycles. The normalized spacial score (nSPS) is 26.5. The number of nitrogens with one attached hydrogen (secondary N) is 1. The van der Waals surface area contributed by atoms with Gasteiger partial charge in [-0.15, -0.1) is 11.3 Å². The number of nitrogens with zero attached hydrogens (tertiary/aromatic N) is 2. The first-order valence-corrected chi connectivity index (χ1v) is 6.74. The Balaban J connectivity index is 1.86. The fraction of sp³-hybridized carbons (Fsp3) is 0.750. The summed E-state index contributed by atoms with van der Waals surface area (Å²) in [4.78, 5) is 8.26. The topological polar surface area (TPSA) is 28.2 Å². The van der Waals surface area contributed by atoms with Crippen LogP contribution in [0.1, 0.15) is 28.9 Å². The maximum Gasteiger partial charge on any atom is 0.0900 e. The summed E-state index contributed by atoms with van der Waals surface area (Å²) >= 11 is 1.81. The van der Waals surface area contributed by atoms with Crippen molar-refractivity contribution < 1.29 is 0 Å². The molecule has 0 bridgehead atoms. The van der Waals surface area contributed by atoms with Crippen molar-refractivity contribution in [1.82, 2.24) is 15.2 Å². The van der Waals surface area contributed by atoms with Crippen molar-refractivity contribution in [2.24, 2.45) is 0 Å². The molecule has 0 aromatic carbocycles. The molecule has 90 valence electrons. The van der Waals surface area contributed by atoms with Crippen LogP contribution >= 0.6 is 11.3 Å². The van der Waals surface area contributed by atoms with Crippen LogP contribution < -0.4 is 5.32 Å². The van der Waals surface area contributed by atoms with E-state index in [0.29, 0.717) is 12.1 Å². The quantitative estimate of drug-likeness (QED) is 0.874. The standard InChI is InChI=1S/C12H21N3S/c1-8-5-11(7-15(8)4)13-6-12-9(2)14-10(3)16-12/h8,11,13H,5-7H2,1-4H3. The zero-order chi connectivity index (χ0) is 11.7. The molecule has 3 nitrogen and oxygen atoms in total. The summed E-state index contributed by atoms with van der Waals surface area (Å²) in [5, 5.41) is 4.81. The molecule has 0 amide bonds. The van der Waals surface area contributed by atoms with E-state index in [1.807, 2.05) is 11.3 Å². The molecule has 2 atom stereocenters. The van der Waals surface area contributed by atoms with Crippen molar-refractivity contribution in [1.29, 1.82) is 0 Å². The number of hydrogen-bond acceptors (Lipinski definition) is 4. The Morgan fingerprint density at radius 1 is 1.50 bits per heavy atom. The molecule has 0 aliphatic carbocycles. The molecule has 0 radical (unpaired) electrons. The van der Waals surface area contributed by atoms with Gasteiger partial charge in [0.1, 0.15) is 0 Å². The highest BCUT2D eigenvalue weighted by Crippen LogP contribution is 2.19. The monoisotopic (exact) mass is 239 g/mol. The van der Waals surface area contributed by atoms with Crippen molar-refractivity contribution in [2.75, 3.05) is 13.6 Å². The molecule has 0 saturated carbocycles. The predicted octanol–water partition coefficient (Wildman–Crippen LogP) is 1.94. The summed E-state index contributed by atoms with van der Waals surface area (Å²) < 4.78 is 0. The van der Waals surface area contributed by atoms with Crippen LogP contribution in [0.3, 0.4) is 0 Å². The third-order valence-electron chi connectivity index (χ3n) is 3.44. The Bertz CT molecular complexity index is 351. The second-order valence-corrected chi connectivity index (χ2v) is 6.13. The lowest BCUT2D eigenvalue weighted by Crippen LogP contribution is -2.30. The van der Waals surface area contributed by atoms with E-state index in [1.54, 1.807) is 0 Å². The van der Waals surface area contributed by atoms with Gasteiger partial charge in [-0.1, -0.05) is 0 Å². The lowest BCUT2D eigenvalue weighted by Gasteiger charge is -2.13. The van der Waals surface area contributed by atoms with Crippen molar-refractivity contribution in [3.63, 3.8) is 0 Å². The molecule has 1 aliphatic heterocycles. The molecule has 4 heteroatoms. The fourth-order valence-corrected chi connectivity index (χ4v) is 3.20. The van der Waals surface area contributed by atoms with E-state index in [9.17, 15) is 0 Å². The molecule has 1 aromatic rings. The average Bonchev–Trinajstić information content (AvgIpc) is 2.68. The van der Waals surface area contributed by atoms with E-state index in [4.69, 9.17) is 0 Å². The minimum atomic E-state index is 0.641. The molecule has 1 aromatic heterocycles. The van der Waals surface area contributed by atoms with Gasteiger partial charge in [0.05, 0.1) is 10.7 Å². The highest BCUT2D eigenvalue weighted by Gasteiger charge is 2.25. The summed E-state index contributed by atoms with van der Waals surface area (Å²) in [6.45, 7) is 8.61. The number of aryl methyl sites for hydroxylation is 2. The lowest BCUT2D eigenvalue weighted by molar-refractivity contribution is 0.326. The van der Waals surface area contributed by atoms with Crippen LogP contribution in [0.5, 0.6) is 0 Å². The molecule has 16 heavy (non-hydrogen) atoms. The third-order valence-corrected chi connectivity index (χ3v) is 4.51. The SMILES string of the molecule is Cc1nc(C)c(CNC2CC(C)N(C)C2)s1. The molecule has 1 aliphatic rings. The van der Waals surface area contributed by atoms with Crippen LogP contribution in [0.2, 0.25) is 0 Å². The van der Waals surface area contributed by atoms with Crippen LogP contribution in [0, 0.1) is 13.8 Å². The van der Waals surface area contributed by atoms with Crippen LogP contribution in [0.15, 0.2) is 0 Å². The molecule has 2 rings (SSSR count). The van der Waals surface area contributed by atoms with Gasteiger partial charge in [0.25, 0.3) is 0 Å². The summed E-state index contributed by atoms with van der Waals surface area (Å²) in [6.07, 6.45) is 1.26. The van der Waals surface area contributed by atoms with Gasteiger partial charge < -0.3 is 10.2 Å². The van der Waals surface area contributed by atoms with E-state index in [1.165, 1.54) is 22.0 Å². The Labute approximate surface area is 102 Å². The molecular formula is C12H21N3S. The summed E-state index contributed by atoms with van der Waals surface area (Å²) in [6, 6.07) is 1.35. The second-order valence-electron chi connectivity index (χ2n) is 4.84. The van der Waals surface area contributed by atoms with Crippen LogP contribution in [0.4, 0.5) is 0 Å². The minimum absolute atomic E-state index is 0.641. The zero-order valence-corrected chi connectivity index (χ0v) is 11.4. The second kappa shape index (κ2) is 4.82. The molecular weight excluding hydrogens is 218 g/mol. The van der Waals surface area contributed by atoms with E-state index in [0.717, 1.165) is 13.1 Å². The predicted molar refractivity (Wildman–Crippen MR) is 68.9 cm³/mol. The Kier molecular flexibility index (Phi) is 3.62. The molecule has 2 unspecified atom stereocenters. The largest absolute Gasteiger partial charge is 0.308 e. The Hall–Kier alpha value is -0.450. The van der Waals surface area contributed by atoms with Crippen molar-refractivity contribution in [2.45, 2.75) is 45.8 Å². The number of thiazole rings is 1. The molecule has 1 saturated heterocycles. The maximum absolute atomic E-state index is 4.45. The van der Waals surface area contributed by atoms with Gasteiger partial charge in [0, 0.05) is 30.1 Å².